The normalized spacial score (nSPS) is 13.7. The van der Waals surface area contributed by atoms with E-state index in [0.29, 0.717) is 6.42 Å². The first-order chi connectivity index (χ1) is 17.3. The second kappa shape index (κ2) is 11.2. The van der Waals surface area contributed by atoms with Crippen LogP contribution in [0, 0.1) is 0 Å². The molecule has 0 aliphatic heterocycles. The van der Waals surface area contributed by atoms with Gasteiger partial charge in [0, 0.05) is 12.3 Å². The van der Waals surface area contributed by atoms with Gasteiger partial charge in [0.15, 0.2) is 0 Å². The Morgan fingerprint density at radius 1 is 0.667 bits per heavy atom. The van der Waals surface area contributed by atoms with Gasteiger partial charge in [-0.15, -0.1) is 0 Å². The average molecular weight is 493 g/mol. The molecular formula is C33H36O2Si. The number of rotatable bonds is 9. The Hall–Kier alpha value is -3.27. The van der Waals surface area contributed by atoms with Crippen LogP contribution in [-0.2, 0) is 9.22 Å². The van der Waals surface area contributed by atoms with Gasteiger partial charge in [0.25, 0.3) is 8.32 Å². The molecular weight excluding hydrogens is 456 g/mol. The van der Waals surface area contributed by atoms with Crippen molar-refractivity contribution in [3.63, 3.8) is 0 Å². The van der Waals surface area contributed by atoms with E-state index in [2.05, 4.69) is 118 Å². The van der Waals surface area contributed by atoms with E-state index in [4.69, 9.17) is 4.43 Å². The van der Waals surface area contributed by atoms with E-state index in [1.807, 2.05) is 24.3 Å². The highest BCUT2D eigenvalue weighted by Gasteiger charge is 2.52. The van der Waals surface area contributed by atoms with Crippen LogP contribution in [0.3, 0.4) is 0 Å². The lowest BCUT2D eigenvalue weighted by atomic mass is 9.85. The number of carbonyl (C=O) groups is 1. The molecule has 0 spiro atoms. The van der Waals surface area contributed by atoms with Crippen LogP contribution in [0.5, 0.6) is 0 Å². The lowest BCUT2D eigenvalue weighted by Gasteiger charge is -2.46. The van der Waals surface area contributed by atoms with E-state index in [1.165, 1.54) is 10.4 Å². The first-order valence-corrected chi connectivity index (χ1v) is 14.6. The van der Waals surface area contributed by atoms with Gasteiger partial charge in [-0.25, -0.2) is 0 Å². The summed E-state index contributed by atoms with van der Waals surface area (Å²) in [6, 6.07) is 42.2. The summed E-state index contributed by atoms with van der Waals surface area (Å²) in [6.07, 6.45) is 0.130. The molecule has 3 heteroatoms. The summed E-state index contributed by atoms with van der Waals surface area (Å²) in [4.78, 5) is 12.6. The second-order valence-electron chi connectivity index (χ2n) is 10.5. The standard InChI is InChI=1S/C33H36O2Si/c1-26(34)25-31(27-17-9-5-10-18-27)32(28-19-11-6-12-20-28)35-36(33(2,3)4,29-21-13-7-14-22-29)30-23-15-8-16-24-30/h5-24,31-32H,25H2,1-4H3/t31-,32-/m0/s1. The maximum atomic E-state index is 12.6. The monoisotopic (exact) mass is 492 g/mol. The second-order valence-corrected chi connectivity index (χ2v) is 14.8. The van der Waals surface area contributed by atoms with Gasteiger partial charge in [0.1, 0.15) is 5.78 Å². The van der Waals surface area contributed by atoms with E-state index in [0.717, 1.165) is 11.1 Å². The first-order valence-electron chi connectivity index (χ1n) is 12.7. The quantitative estimate of drug-likeness (QED) is 0.234. The molecule has 184 valence electrons. The highest BCUT2D eigenvalue weighted by atomic mass is 28.4. The number of Topliss-reactive ketones (excluding diaryl/α,β-unsaturated/α-hetero) is 1. The van der Waals surface area contributed by atoms with E-state index < -0.39 is 8.32 Å². The fourth-order valence-corrected chi connectivity index (χ4v) is 10.0. The van der Waals surface area contributed by atoms with Crippen molar-refractivity contribution in [2.24, 2.45) is 0 Å². The Morgan fingerprint density at radius 2 is 1.06 bits per heavy atom. The Labute approximate surface area is 217 Å². The minimum absolute atomic E-state index is 0.104. The van der Waals surface area contributed by atoms with Gasteiger partial charge in [-0.05, 0) is 33.5 Å². The van der Waals surface area contributed by atoms with Gasteiger partial charge in [-0.3, -0.25) is 0 Å². The minimum atomic E-state index is -2.85. The highest BCUT2D eigenvalue weighted by molar-refractivity contribution is 6.99. The fraction of sp³-hybridized carbons (Fsp3) is 0.242. The van der Waals surface area contributed by atoms with Crippen molar-refractivity contribution in [3.05, 3.63) is 132 Å². The SMILES string of the molecule is CC(=O)C[C@@H](c1ccccc1)[C@@H](O[Si](c1ccccc1)(c1ccccc1)C(C)(C)C)c1ccccc1. The summed E-state index contributed by atoms with van der Waals surface area (Å²) in [7, 11) is -2.85. The Balaban J connectivity index is 1.98. The molecule has 2 atom stereocenters. The molecule has 0 unspecified atom stereocenters. The van der Waals surface area contributed by atoms with Crippen molar-refractivity contribution in [2.45, 2.75) is 51.2 Å². The molecule has 0 bridgehead atoms. The van der Waals surface area contributed by atoms with Crippen LogP contribution in [0.1, 0.15) is 57.3 Å². The number of ketones is 1. The molecule has 0 amide bonds. The van der Waals surface area contributed by atoms with Gasteiger partial charge in [-0.1, -0.05) is 142 Å². The molecule has 0 aromatic heterocycles. The van der Waals surface area contributed by atoms with Gasteiger partial charge in [0.05, 0.1) is 6.10 Å². The van der Waals surface area contributed by atoms with E-state index in [-0.39, 0.29) is 22.8 Å². The maximum Gasteiger partial charge on any atom is 0.261 e. The molecule has 0 N–H and O–H groups in total. The van der Waals surface area contributed by atoms with Crippen molar-refractivity contribution in [1.82, 2.24) is 0 Å². The summed E-state index contributed by atoms with van der Waals surface area (Å²) < 4.78 is 7.66. The van der Waals surface area contributed by atoms with Crippen LogP contribution < -0.4 is 10.4 Å². The minimum Gasteiger partial charge on any atom is -0.400 e. The molecule has 36 heavy (non-hydrogen) atoms. The van der Waals surface area contributed by atoms with Crippen molar-refractivity contribution < 1.29 is 9.22 Å². The smallest absolute Gasteiger partial charge is 0.261 e. The van der Waals surface area contributed by atoms with E-state index >= 15 is 0 Å². The third-order valence-corrected chi connectivity index (χ3v) is 12.0. The van der Waals surface area contributed by atoms with Crippen LogP contribution in [0.4, 0.5) is 0 Å². The van der Waals surface area contributed by atoms with E-state index in [1.54, 1.807) is 6.92 Å². The van der Waals surface area contributed by atoms with Gasteiger partial charge < -0.3 is 9.22 Å². The van der Waals surface area contributed by atoms with Crippen molar-refractivity contribution >= 4 is 24.5 Å². The topological polar surface area (TPSA) is 26.3 Å². The number of hydrogen-bond donors (Lipinski definition) is 0. The third kappa shape index (κ3) is 5.43. The third-order valence-electron chi connectivity index (χ3n) is 6.95. The molecule has 0 saturated carbocycles. The van der Waals surface area contributed by atoms with Crippen molar-refractivity contribution in [2.75, 3.05) is 0 Å². The molecule has 4 aromatic rings. The van der Waals surface area contributed by atoms with Gasteiger partial charge in [0.2, 0.25) is 0 Å². The first kappa shape index (κ1) is 25.8. The molecule has 4 rings (SSSR count). The zero-order valence-corrected chi connectivity index (χ0v) is 22.7. The molecule has 0 aliphatic rings. The van der Waals surface area contributed by atoms with Gasteiger partial charge >= 0.3 is 0 Å². The summed E-state index contributed by atoms with van der Waals surface area (Å²) in [5.41, 5.74) is 2.22. The lowest BCUT2D eigenvalue weighted by molar-refractivity contribution is -0.117. The predicted molar refractivity (Wildman–Crippen MR) is 152 cm³/mol. The van der Waals surface area contributed by atoms with Crippen LogP contribution in [-0.4, -0.2) is 14.1 Å². The number of carbonyl (C=O) groups excluding carboxylic acids is 1. The fourth-order valence-electron chi connectivity index (χ4n) is 5.32. The molecule has 0 heterocycles. The van der Waals surface area contributed by atoms with Crippen LogP contribution in [0.25, 0.3) is 0 Å². The summed E-state index contributed by atoms with van der Waals surface area (Å²) in [6.45, 7) is 8.57. The molecule has 0 aliphatic carbocycles. The predicted octanol–water partition coefficient (Wildman–Crippen LogP) is 7.07. The Morgan fingerprint density at radius 3 is 1.44 bits per heavy atom. The zero-order chi connectivity index (χ0) is 25.6. The highest BCUT2D eigenvalue weighted by Crippen LogP contribution is 2.45. The average Bonchev–Trinajstić information content (AvgIpc) is 2.89. The Kier molecular flexibility index (Phi) is 8.03. The molecule has 4 aromatic carbocycles. The van der Waals surface area contributed by atoms with Gasteiger partial charge in [-0.2, -0.15) is 0 Å². The summed E-state index contributed by atoms with van der Waals surface area (Å²) in [5.74, 6) is 0.0589. The molecule has 0 saturated heterocycles. The van der Waals surface area contributed by atoms with E-state index in [9.17, 15) is 4.79 Å². The van der Waals surface area contributed by atoms with Crippen LogP contribution in [0.15, 0.2) is 121 Å². The van der Waals surface area contributed by atoms with Crippen LogP contribution >= 0.6 is 0 Å². The summed E-state index contributed by atoms with van der Waals surface area (Å²) >= 11 is 0. The van der Waals surface area contributed by atoms with Crippen molar-refractivity contribution in [1.29, 1.82) is 0 Å². The largest absolute Gasteiger partial charge is 0.400 e. The lowest BCUT2D eigenvalue weighted by Crippen LogP contribution is -2.67. The van der Waals surface area contributed by atoms with Crippen LogP contribution in [0.2, 0.25) is 5.04 Å². The Bertz CT molecular complexity index is 1190. The number of hydrogen-bond acceptors (Lipinski definition) is 2. The van der Waals surface area contributed by atoms with Crippen molar-refractivity contribution in [3.8, 4) is 0 Å². The number of benzene rings is 4. The molecule has 0 radical (unpaired) electrons. The molecule has 2 nitrogen and oxygen atoms in total. The molecule has 0 fully saturated rings. The maximum absolute atomic E-state index is 12.6. The summed E-state index contributed by atoms with van der Waals surface area (Å²) in [5, 5.41) is 2.30. The zero-order valence-electron chi connectivity index (χ0n) is 21.7.